The van der Waals surface area contributed by atoms with Crippen LogP contribution >= 0.6 is 0 Å². The lowest BCUT2D eigenvalue weighted by Gasteiger charge is -2.51. The van der Waals surface area contributed by atoms with Gasteiger partial charge in [0.1, 0.15) is 6.17 Å². The molecule has 2 heterocycles. The lowest BCUT2D eigenvalue weighted by atomic mass is 9.63. The molecule has 98 valence electrons. The molecule has 0 aromatic heterocycles. The third kappa shape index (κ3) is 1.91. The SMILES string of the molecule is CC(C)N1CCC2(CCC2N2CCC(F)C2)C1. The summed E-state index contributed by atoms with van der Waals surface area (Å²) in [5.74, 6) is 0. The van der Waals surface area contributed by atoms with E-state index in [1.165, 1.54) is 32.4 Å². The van der Waals surface area contributed by atoms with Crippen molar-refractivity contribution in [3.8, 4) is 0 Å². The molecule has 0 aromatic carbocycles. The topological polar surface area (TPSA) is 6.48 Å². The molecule has 3 rings (SSSR count). The van der Waals surface area contributed by atoms with Crippen molar-refractivity contribution in [2.45, 2.75) is 57.8 Å². The van der Waals surface area contributed by atoms with Gasteiger partial charge in [-0.1, -0.05) is 0 Å². The van der Waals surface area contributed by atoms with Gasteiger partial charge in [0.25, 0.3) is 0 Å². The van der Waals surface area contributed by atoms with E-state index >= 15 is 0 Å². The number of nitrogens with zero attached hydrogens (tertiary/aromatic N) is 2. The highest BCUT2D eigenvalue weighted by atomic mass is 19.1. The van der Waals surface area contributed by atoms with Gasteiger partial charge in [-0.3, -0.25) is 4.90 Å². The van der Waals surface area contributed by atoms with Crippen LogP contribution in [0.5, 0.6) is 0 Å². The fraction of sp³-hybridized carbons (Fsp3) is 1.00. The van der Waals surface area contributed by atoms with Crippen LogP contribution in [0.4, 0.5) is 4.39 Å². The Morgan fingerprint density at radius 1 is 1.18 bits per heavy atom. The molecule has 3 heteroatoms. The highest BCUT2D eigenvalue weighted by molar-refractivity contribution is 5.08. The van der Waals surface area contributed by atoms with Crippen molar-refractivity contribution >= 4 is 0 Å². The minimum Gasteiger partial charge on any atom is -0.300 e. The summed E-state index contributed by atoms with van der Waals surface area (Å²) in [6, 6.07) is 1.36. The second-order valence-electron chi connectivity index (χ2n) is 6.61. The fourth-order valence-electron chi connectivity index (χ4n) is 4.12. The number of hydrogen-bond donors (Lipinski definition) is 0. The molecule has 0 N–H and O–H groups in total. The molecule has 0 radical (unpaired) electrons. The van der Waals surface area contributed by atoms with Gasteiger partial charge < -0.3 is 4.90 Å². The monoisotopic (exact) mass is 240 g/mol. The van der Waals surface area contributed by atoms with E-state index in [0.29, 0.717) is 24.0 Å². The second-order valence-corrected chi connectivity index (χ2v) is 6.61. The Hall–Kier alpha value is -0.150. The van der Waals surface area contributed by atoms with Gasteiger partial charge in [-0.2, -0.15) is 0 Å². The zero-order chi connectivity index (χ0) is 12.0. The van der Waals surface area contributed by atoms with Crippen LogP contribution in [0.25, 0.3) is 0 Å². The van der Waals surface area contributed by atoms with E-state index < -0.39 is 6.17 Å². The summed E-state index contributed by atoms with van der Waals surface area (Å²) in [5.41, 5.74) is 0.522. The van der Waals surface area contributed by atoms with Crippen LogP contribution in [-0.2, 0) is 0 Å². The van der Waals surface area contributed by atoms with E-state index in [1.807, 2.05) is 0 Å². The Morgan fingerprint density at radius 3 is 2.47 bits per heavy atom. The smallest absolute Gasteiger partial charge is 0.114 e. The number of rotatable bonds is 2. The standard InChI is InChI=1S/C14H25FN2/c1-11(2)17-8-6-14(10-17)5-3-13(14)16-7-4-12(15)9-16/h11-13H,3-10H2,1-2H3. The van der Waals surface area contributed by atoms with Gasteiger partial charge in [0, 0.05) is 31.7 Å². The average molecular weight is 240 g/mol. The molecule has 3 fully saturated rings. The van der Waals surface area contributed by atoms with Crippen molar-refractivity contribution in [3.63, 3.8) is 0 Å². The molecule has 17 heavy (non-hydrogen) atoms. The molecule has 3 aliphatic rings. The van der Waals surface area contributed by atoms with E-state index in [1.54, 1.807) is 0 Å². The van der Waals surface area contributed by atoms with Crippen LogP contribution < -0.4 is 0 Å². The first kappa shape index (κ1) is 11.9. The van der Waals surface area contributed by atoms with Crippen LogP contribution in [-0.4, -0.2) is 54.2 Å². The van der Waals surface area contributed by atoms with Crippen molar-refractivity contribution in [1.29, 1.82) is 0 Å². The van der Waals surface area contributed by atoms with Crippen LogP contribution in [0.15, 0.2) is 0 Å². The van der Waals surface area contributed by atoms with E-state index in [2.05, 4.69) is 23.6 Å². The summed E-state index contributed by atoms with van der Waals surface area (Å²) in [4.78, 5) is 5.05. The molecule has 1 spiro atoms. The van der Waals surface area contributed by atoms with Gasteiger partial charge in [-0.25, -0.2) is 4.39 Å². The average Bonchev–Trinajstić information content (AvgIpc) is 2.84. The summed E-state index contributed by atoms with van der Waals surface area (Å²) in [5, 5.41) is 0. The van der Waals surface area contributed by atoms with E-state index in [9.17, 15) is 4.39 Å². The Labute approximate surface area is 104 Å². The summed E-state index contributed by atoms with van der Waals surface area (Å²) < 4.78 is 13.3. The maximum absolute atomic E-state index is 13.3. The van der Waals surface area contributed by atoms with Gasteiger partial charge in [0.05, 0.1) is 0 Å². The molecular formula is C14H25FN2. The molecule has 2 nitrogen and oxygen atoms in total. The molecule has 0 amide bonds. The van der Waals surface area contributed by atoms with E-state index in [0.717, 1.165) is 13.0 Å². The molecule has 0 bridgehead atoms. The van der Waals surface area contributed by atoms with Crippen LogP contribution in [0, 0.1) is 5.41 Å². The highest BCUT2D eigenvalue weighted by Gasteiger charge is 2.53. The predicted octanol–water partition coefficient (Wildman–Crippen LogP) is 2.29. The predicted molar refractivity (Wildman–Crippen MR) is 67.9 cm³/mol. The van der Waals surface area contributed by atoms with Crippen molar-refractivity contribution in [2.24, 2.45) is 5.41 Å². The summed E-state index contributed by atoms with van der Waals surface area (Å²) >= 11 is 0. The first-order valence-corrected chi connectivity index (χ1v) is 7.23. The van der Waals surface area contributed by atoms with Crippen LogP contribution in [0.2, 0.25) is 0 Å². The van der Waals surface area contributed by atoms with Gasteiger partial charge in [-0.05, 0) is 51.5 Å². The lowest BCUT2D eigenvalue weighted by Crippen LogP contribution is -2.56. The molecule has 3 atom stereocenters. The Balaban J connectivity index is 1.65. The van der Waals surface area contributed by atoms with Gasteiger partial charge in [0.2, 0.25) is 0 Å². The maximum atomic E-state index is 13.3. The Bertz CT molecular complexity index is 294. The first-order chi connectivity index (χ1) is 8.11. The molecule has 0 aromatic rings. The summed E-state index contributed by atoms with van der Waals surface area (Å²) in [6.45, 7) is 8.79. The van der Waals surface area contributed by atoms with Crippen LogP contribution in [0.3, 0.4) is 0 Å². The van der Waals surface area contributed by atoms with Crippen molar-refractivity contribution < 1.29 is 4.39 Å². The van der Waals surface area contributed by atoms with Crippen LogP contribution in [0.1, 0.15) is 39.5 Å². The highest BCUT2D eigenvalue weighted by Crippen LogP contribution is 2.51. The Morgan fingerprint density at radius 2 is 2.00 bits per heavy atom. The number of halogens is 1. The quantitative estimate of drug-likeness (QED) is 0.731. The molecule has 1 saturated carbocycles. The normalized spacial score (nSPS) is 43.8. The van der Waals surface area contributed by atoms with Crippen molar-refractivity contribution in [3.05, 3.63) is 0 Å². The van der Waals surface area contributed by atoms with E-state index in [4.69, 9.17) is 0 Å². The summed E-state index contributed by atoms with van der Waals surface area (Å²) in [6.07, 6.45) is 4.21. The summed E-state index contributed by atoms with van der Waals surface area (Å²) in [7, 11) is 0. The van der Waals surface area contributed by atoms with Gasteiger partial charge in [-0.15, -0.1) is 0 Å². The molecule has 2 aliphatic heterocycles. The molecule has 2 saturated heterocycles. The Kier molecular flexibility index (Phi) is 2.94. The zero-order valence-electron chi connectivity index (χ0n) is 11.2. The number of hydrogen-bond acceptors (Lipinski definition) is 2. The largest absolute Gasteiger partial charge is 0.300 e. The molecule has 1 aliphatic carbocycles. The minimum atomic E-state index is -0.560. The van der Waals surface area contributed by atoms with Gasteiger partial charge >= 0.3 is 0 Å². The minimum absolute atomic E-state index is 0.522. The number of alkyl halides is 1. The lowest BCUT2D eigenvalue weighted by molar-refractivity contribution is -0.0120. The van der Waals surface area contributed by atoms with E-state index in [-0.39, 0.29) is 0 Å². The fourth-order valence-corrected chi connectivity index (χ4v) is 4.12. The van der Waals surface area contributed by atoms with Gasteiger partial charge in [0.15, 0.2) is 0 Å². The van der Waals surface area contributed by atoms with Crippen molar-refractivity contribution in [2.75, 3.05) is 26.2 Å². The third-order valence-electron chi connectivity index (χ3n) is 5.37. The zero-order valence-corrected chi connectivity index (χ0v) is 11.2. The van der Waals surface area contributed by atoms with Crippen molar-refractivity contribution in [1.82, 2.24) is 9.80 Å². The molecular weight excluding hydrogens is 215 g/mol. The third-order valence-corrected chi connectivity index (χ3v) is 5.37. The first-order valence-electron chi connectivity index (χ1n) is 7.23. The second kappa shape index (κ2) is 4.20. The number of likely N-dealkylation sites (tertiary alicyclic amines) is 2. The molecule has 3 unspecified atom stereocenters. The maximum Gasteiger partial charge on any atom is 0.114 e.